The number of nitrogens with zero attached hydrogens (tertiary/aromatic N) is 1. The highest BCUT2D eigenvalue weighted by Crippen LogP contribution is 2.41. The Morgan fingerprint density at radius 1 is 0.973 bits per heavy atom. The van der Waals surface area contributed by atoms with Gasteiger partial charge in [0.1, 0.15) is 28.8 Å². The number of sulfonamides is 1. The second-order valence-electron chi connectivity index (χ2n) is 8.31. The molecule has 0 N–H and O–H groups in total. The first kappa shape index (κ1) is 27.9. The molecule has 0 aromatic heterocycles. The summed E-state index contributed by atoms with van der Waals surface area (Å²) >= 11 is 15.8. The molecule has 1 heterocycles. The van der Waals surface area contributed by atoms with Crippen molar-refractivity contribution in [3.63, 3.8) is 0 Å². The predicted molar refractivity (Wildman–Crippen MR) is 141 cm³/mol. The van der Waals surface area contributed by atoms with Crippen molar-refractivity contribution in [1.82, 2.24) is 4.31 Å². The molecule has 0 bridgehead atoms. The lowest BCUT2D eigenvalue weighted by Crippen LogP contribution is -2.42. The van der Waals surface area contributed by atoms with Gasteiger partial charge in [-0.3, -0.25) is 0 Å². The molecule has 0 amide bonds. The van der Waals surface area contributed by atoms with Crippen molar-refractivity contribution in [2.75, 3.05) is 20.2 Å². The highest BCUT2D eigenvalue weighted by molar-refractivity contribution is 9.10. The van der Waals surface area contributed by atoms with E-state index in [1.807, 2.05) is 0 Å². The zero-order valence-corrected chi connectivity index (χ0v) is 23.4. The fourth-order valence-corrected chi connectivity index (χ4v) is 6.57. The van der Waals surface area contributed by atoms with Crippen LogP contribution < -0.4 is 14.2 Å². The van der Waals surface area contributed by atoms with Crippen molar-refractivity contribution in [3.05, 3.63) is 74.7 Å². The van der Waals surface area contributed by atoms with Gasteiger partial charge in [0.25, 0.3) is 5.92 Å². The normalized spacial score (nSPS) is 15.8. The number of halogens is 5. The first-order chi connectivity index (χ1) is 17.5. The van der Waals surface area contributed by atoms with Crippen LogP contribution in [0.2, 0.25) is 10.0 Å². The molecule has 6 nitrogen and oxygen atoms in total. The Morgan fingerprint density at radius 2 is 1.57 bits per heavy atom. The molecule has 1 fully saturated rings. The summed E-state index contributed by atoms with van der Waals surface area (Å²) in [6, 6.07) is 14.5. The quantitative estimate of drug-likeness (QED) is 0.255. The van der Waals surface area contributed by atoms with Crippen LogP contribution in [-0.4, -0.2) is 38.8 Å². The van der Waals surface area contributed by atoms with Crippen LogP contribution in [0.1, 0.15) is 18.4 Å². The van der Waals surface area contributed by atoms with Crippen molar-refractivity contribution in [2.45, 2.75) is 30.3 Å². The van der Waals surface area contributed by atoms with Gasteiger partial charge in [0.05, 0.1) is 17.2 Å². The van der Waals surface area contributed by atoms with Crippen LogP contribution in [-0.2, 0) is 16.6 Å². The molecular formula is C25H22BrCl2F2NO5S. The molecule has 37 heavy (non-hydrogen) atoms. The molecule has 198 valence electrons. The molecule has 3 aromatic carbocycles. The maximum atomic E-state index is 13.7. The van der Waals surface area contributed by atoms with Gasteiger partial charge in [0, 0.05) is 36.5 Å². The van der Waals surface area contributed by atoms with E-state index in [4.69, 9.17) is 37.4 Å². The van der Waals surface area contributed by atoms with Crippen LogP contribution >= 0.6 is 39.1 Å². The van der Waals surface area contributed by atoms with Crippen LogP contribution in [0.3, 0.4) is 0 Å². The van der Waals surface area contributed by atoms with Gasteiger partial charge in [-0.25, -0.2) is 17.2 Å². The van der Waals surface area contributed by atoms with Gasteiger partial charge >= 0.3 is 0 Å². The summed E-state index contributed by atoms with van der Waals surface area (Å²) in [6.07, 6.45) is -1.12. The van der Waals surface area contributed by atoms with E-state index in [9.17, 15) is 17.2 Å². The van der Waals surface area contributed by atoms with Crippen molar-refractivity contribution >= 4 is 49.2 Å². The largest absolute Gasteiger partial charge is 0.497 e. The zero-order valence-electron chi connectivity index (χ0n) is 19.5. The summed E-state index contributed by atoms with van der Waals surface area (Å²) in [5.41, 5.74) is 0.774. The van der Waals surface area contributed by atoms with Crippen LogP contribution in [0.15, 0.2) is 64.0 Å². The highest BCUT2D eigenvalue weighted by Gasteiger charge is 2.39. The van der Waals surface area contributed by atoms with E-state index in [1.54, 1.807) is 43.5 Å². The van der Waals surface area contributed by atoms with Crippen molar-refractivity contribution < 1.29 is 31.4 Å². The molecule has 0 saturated carbocycles. The van der Waals surface area contributed by atoms with Gasteiger partial charge in [-0.05, 0) is 42.0 Å². The molecule has 0 spiro atoms. The first-order valence-corrected chi connectivity index (χ1v) is 14.1. The molecule has 1 aliphatic rings. The number of piperidine rings is 1. The van der Waals surface area contributed by atoms with Crippen molar-refractivity contribution in [1.29, 1.82) is 0 Å². The predicted octanol–water partition coefficient (Wildman–Crippen LogP) is 7.56. The van der Waals surface area contributed by atoms with E-state index in [-0.39, 0.29) is 51.9 Å². The number of hydrogen-bond donors (Lipinski definition) is 0. The fraction of sp³-hybridized carbons (Fsp3) is 0.280. The van der Waals surface area contributed by atoms with E-state index >= 15 is 0 Å². The topological polar surface area (TPSA) is 65.1 Å². The number of rotatable bonds is 8. The Labute approximate surface area is 232 Å². The van der Waals surface area contributed by atoms with E-state index < -0.39 is 28.8 Å². The average Bonchev–Trinajstić information content (AvgIpc) is 2.85. The maximum absolute atomic E-state index is 13.7. The smallest absolute Gasteiger partial charge is 0.250 e. The minimum atomic E-state index is -4.20. The number of methoxy groups -OCH3 is 1. The Morgan fingerprint density at radius 3 is 2.16 bits per heavy atom. The monoisotopic (exact) mass is 635 g/mol. The van der Waals surface area contributed by atoms with Gasteiger partial charge in [0.15, 0.2) is 5.75 Å². The SMILES string of the molecule is COc1ccc(COc2ccc(Oc3c(Cl)cc(Br)cc3Cl)cc2S(=O)(=O)N2CCC(F)(F)CC2)cc1. The molecule has 0 atom stereocenters. The van der Waals surface area contributed by atoms with E-state index in [1.165, 1.54) is 18.2 Å². The van der Waals surface area contributed by atoms with Gasteiger partial charge in [-0.1, -0.05) is 51.3 Å². The lowest BCUT2D eigenvalue weighted by Gasteiger charge is -2.31. The number of ether oxygens (including phenoxy) is 3. The summed E-state index contributed by atoms with van der Waals surface area (Å²) in [5.74, 6) is -1.92. The molecule has 1 aliphatic heterocycles. The fourth-order valence-electron chi connectivity index (χ4n) is 3.69. The van der Waals surface area contributed by atoms with E-state index in [2.05, 4.69) is 15.9 Å². The Kier molecular flexibility index (Phi) is 8.55. The first-order valence-electron chi connectivity index (χ1n) is 11.1. The summed E-state index contributed by atoms with van der Waals surface area (Å²) in [4.78, 5) is -0.215. The molecule has 4 rings (SSSR count). The van der Waals surface area contributed by atoms with Crippen LogP contribution in [0.5, 0.6) is 23.0 Å². The number of benzene rings is 3. The summed E-state index contributed by atoms with van der Waals surface area (Å²) in [6.45, 7) is -0.569. The second-order valence-corrected chi connectivity index (χ2v) is 11.9. The number of alkyl halides is 2. The third-order valence-corrected chi connectivity index (χ3v) is 8.66. The van der Waals surface area contributed by atoms with Gasteiger partial charge < -0.3 is 14.2 Å². The minimum Gasteiger partial charge on any atom is -0.497 e. The summed E-state index contributed by atoms with van der Waals surface area (Å²) in [7, 11) is -2.65. The third kappa shape index (κ3) is 6.67. The van der Waals surface area contributed by atoms with Gasteiger partial charge in [-0.2, -0.15) is 4.31 Å². The van der Waals surface area contributed by atoms with Crippen molar-refractivity contribution in [3.8, 4) is 23.0 Å². The lowest BCUT2D eigenvalue weighted by molar-refractivity contribution is -0.0412. The Hall–Kier alpha value is -2.11. The zero-order chi connectivity index (χ0) is 26.8. The molecule has 0 unspecified atom stereocenters. The van der Waals surface area contributed by atoms with Crippen molar-refractivity contribution in [2.24, 2.45) is 0 Å². The van der Waals surface area contributed by atoms with Crippen LogP contribution in [0.4, 0.5) is 8.78 Å². The molecule has 0 radical (unpaired) electrons. The minimum absolute atomic E-state index is 0.0495. The third-order valence-electron chi connectivity index (χ3n) is 5.72. The summed E-state index contributed by atoms with van der Waals surface area (Å²) < 4.78 is 73.1. The van der Waals surface area contributed by atoms with E-state index in [0.29, 0.717) is 10.2 Å². The Balaban J connectivity index is 1.67. The van der Waals surface area contributed by atoms with Gasteiger partial charge in [0.2, 0.25) is 10.0 Å². The Bertz CT molecular complexity index is 1360. The number of hydrogen-bond acceptors (Lipinski definition) is 5. The lowest BCUT2D eigenvalue weighted by atomic mass is 10.1. The summed E-state index contributed by atoms with van der Waals surface area (Å²) in [5, 5.41) is 0.420. The maximum Gasteiger partial charge on any atom is 0.250 e. The molecule has 3 aromatic rings. The van der Waals surface area contributed by atoms with E-state index in [0.717, 1.165) is 9.87 Å². The van der Waals surface area contributed by atoms with Crippen LogP contribution in [0.25, 0.3) is 0 Å². The average molecular weight is 637 g/mol. The molecule has 12 heteroatoms. The second kappa shape index (κ2) is 11.3. The standard InChI is InChI=1S/C25H22BrCl2F2NO5S/c1-34-18-4-2-16(3-5-18)15-35-22-7-6-19(36-24-20(27)12-17(26)13-21(24)28)14-23(22)37(32,33)31-10-8-25(29,30)9-11-31/h2-7,12-14H,8-11,15H2,1H3. The molecular weight excluding hydrogens is 615 g/mol. The van der Waals surface area contributed by atoms with Gasteiger partial charge in [-0.15, -0.1) is 0 Å². The molecule has 1 saturated heterocycles. The van der Waals surface area contributed by atoms with Crippen LogP contribution in [0, 0.1) is 0 Å². The highest BCUT2D eigenvalue weighted by atomic mass is 79.9. The molecule has 0 aliphatic carbocycles.